The van der Waals surface area contributed by atoms with Crippen LogP contribution in [-0.4, -0.2) is 24.0 Å². The van der Waals surface area contributed by atoms with E-state index >= 15 is 0 Å². The summed E-state index contributed by atoms with van der Waals surface area (Å²) in [7, 11) is 0. The molecule has 0 aliphatic carbocycles. The van der Waals surface area contributed by atoms with Crippen LogP contribution in [0.3, 0.4) is 0 Å². The van der Waals surface area contributed by atoms with E-state index in [1.807, 2.05) is 13.0 Å². The molecule has 5 heteroatoms. The summed E-state index contributed by atoms with van der Waals surface area (Å²) >= 11 is 0. The van der Waals surface area contributed by atoms with E-state index in [1.54, 1.807) is 25.1 Å². The third kappa shape index (κ3) is 5.85. The molecule has 0 radical (unpaired) electrons. The van der Waals surface area contributed by atoms with Crippen molar-refractivity contribution < 1.29 is 14.3 Å². The molecule has 1 amide bonds. The van der Waals surface area contributed by atoms with E-state index in [-0.39, 0.29) is 18.4 Å². The van der Waals surface area contributed by atoms with E-state index in [0.29, 0.717) is 11.3 Å². The number of anilines is 1. The fraction of sp³-hybridized carbons (Fsp3) is 0.500. The van der Waals surface area contributed by atoms with Gasteiger partial charge in [0.25, 0.3) is 5.91 Å². The lowest BCUT2D eigenvalue weighted by Crippen LogP contribution is -2.40. The smallest absolute Gasteiger partial charge is 0.311 e. The number of nitrogen functional groups attached to an aromatic ring is 1. The van der Waals surface area contributed by atoms with Crippen molar-refractivity contribution in [2.75, 3.05) is 5.73 Å². The first-order valence-corrected chi connectivity index (χ1v) is 7.27. The van der Waals surface area contributed by atoms with Gasteiger partial charge in [0.2, 0.25) is 0 Å². The zero-order valence-corrected chi connectivity index (χ0v) is 12.9. The molecule has 0 saturated heterocycles. The maximum Gasteiger partial charge on any atom is 0.311 e. The normalized spacial score (nSPS) is 13.3. The first-order chi connectivity index (χ1) is 9.93. The number of para-hydroxylation sites is 1. The van der Waals surface area contributed by atoms with Crippen molar-refractivity contribution in [3.05, 3.63) is 29.8 Å². The van der Waals surface area contributed by atoms with Gasteiger partial charge in [-0.1, -0.05) is 31.5 Å². The molecule has 21 heavy (non-hydrogen) atoms. The van der Waals surface area contributed by atoms with Crippen LogP contribution in [0.2, 0.25) is 0 Å². The number of amides is 1. The van der Waals surface area contributed by atoms with E-state index < -0.39 is 12.1 Å². The van der Waals surface area contributed by atoms with E-state index in [9.17, 15) is 9.59 Å². The molecule has 0 aromatic heterocycles. The Morgan fingerprint density at radius 2 is 1.95 bits per heavy atom. The maximum absolute atomic E-state index is 11.9. The Morgan fingerprint density at radius 1 is 1.29 bits per heavy atom. The standard InChI is InChI=1S/C16H24N2O3/c1-4-7-11(2)18-16(20)12(3)21-15(19)10-13-8-5-6-9-14(13)17/h5-6,8-9,11-12H,4,7,10,17H2,1-3H3,(H,18,20). The number of carbonyl (C=O) groups excluding carboxylic acids is 2. The quantitative estimate of drug-likeness (QED) is 0.595. The largest absolute Gasteiger partial charge is 0.452 e. The maximum atomic E-state index is 11.9. The molecular formula is C16H24N2O3. The van der Waals surface area contributed by atoms with Crippen LogP contribution in [0.25, 0.3) is 0 Å². The molecule has 116 valence electrons. The number of hydrogen-bond donors (Lipinski definition) is 2. The molecule has 2 atom stereocenters. The van der Waals surface area contributed by atoms with Gasteiger partial charge in [-0.05, 0) is 31.9 Å². The lowest BCUT2D eigenvalue weighted by atomic mass is 10.1. The molecule has 1 aromatic rings. The van der Waals surface area contributed by atoms with Gasteiger partial charge < -0.3 is 15.8 Å². The lowest BCUT2D eigenvalue weighted by molar-refractivity contribution is -0.154. The Balaban J connectivity index is 2.47. The molecule has 1 aromatic carbocycles. The number of rotatable bonds is 7. The fourth-order valence-electron chi connectivity index (χ4n) is 2.01. The summed E-state index contributed by atoms with van der Waals surface area (Å²) in [4.78, 5) is 23.7. The van der Waals surface area contributed by atoms with Crippen molar-refractivity contribution in [1.29, 1.82) is 0 Å². The third-order valence-electron chi connectivity index (χ3n) is 3.18. The molecule has 0 aliphatic heterocycles. The average Bonchev–Trinajstić information content (AvgIpc) is 2.41. The summed E-state index contributed by atoms with van der Waals surface area (Å²) in [6, 6.07) is 7.18. The minimum absolute atomic E-state index is 0.0643. The zero-order chi connectivity index (χ0) is 15.8. The highest BCUT2D eigenvalue weighted by Gasteiger charge is 2.19. The zero-order valence-electron chi connectivity index (χ0n) is 12.9. The number of hydrogen-bond acceptors (Lipinski definition) is 4. The summed E-state index contributed by atoms with van der Waals surface area (Å²) in [5.74, 6) is -0.732. The number of nitrogens with two attached hydrogens (primary N) is 1. The predicted octanol–water partition coefficient (Wildman–Crippen LogP) is 2.05. The molecule has 0 heterocycles. The Morgan fingerprint density at radius 3 is 2.57 bits per heavy atom. The molecule has 0 fully saturated rings. The Hall–Kier alpha value is -2.04. The average molecular weight is 292 g/mol. The van der Waals surface area contributed by atoms with Crippen LogP contribution in [0.15, 0.2) is 24.3 Å². The lowest BCUT2D eigenvalue weighted by Gasteiger charge is -2.17. The van der Waals surface area contributed by atoms with Crippen LogP contribution in [0.1, 0.15) is 39.2 Å². The van der Waals surface area contributed by atoms with Crippen LogP contribution in [-0.2, 0) is 20.7 Å². The van der Waals surface area contributed by atoms with E-state index in [2.05, 4.69) is 12.2 Å². The van der Waals surface area contributed by atoms with E-state index in [1.165, 1.54) is 0 Å². The van der Waals surface area contributed by atoms with Gasteiger partial charge in [0.05, 0.1) is 6.42 Å². The number of benzene rings is 1. The summed E-state index contributed by atoms with van der Waals surface area (Å²) in [6.07, 6.45) is 1.15. The van der Waals surface area contributed by atoms with Gasteiger partial charge in [-0.25, -0.2) is 0 Å². The molecule has 2 unspecified atom stereocenters. The SMILES string of the molecule is CCCC(C)NC(=O)C(C)OC(=O)Cc1ccccc1N. The second-order valence-electron chi connectivity index (χ2n) is 5.21. The van der Waals surface area contributed by atoms with Gasteiger partial charge in [-0.2, -0.15) is 0 Å². The first-order valence-electron chi connectivity index (χ1n) is 7.27. The van der Waals surface area contributed by atoms with Crippen molar-refractivity contribution in [2.45, 2.75) is 52.2 Å². The second kappa shape index (κ2) is 8.29. The Kier molecular flexibility index (Phi) is 6.72. The Bertz CT molecular complexity index is 488. The first kappa shape index (κ1) is 17.0. The van der Waals surface area contributed by atoms with Gasteiger partial charge >= 0.3 is 5.97 Å². The molecule has 0 spiro atoms. The Labute approximate surface area is 125 Å². The van der Waals surface area contributed by atoms with Crippen LogP contribution >= 0.6 is 0 Å². The molecular weight excluding hydrogens is 268 g/mol. The highest BCUT2D eigenvalue weighted by atomic mass is 16.5. The molecule has 0 bridgehead atoms. The minimum atomic E-state index is -0.804. The van der Waals surface area contributed by atoms with Gasteiger partial charge in [0, 0.05) is 11.7 Å². The van der Waals surface area contributed by atoms with Crippen LogP contribution in [0.4, 0.5) is 5.69 Å². The van der Waals surface area contributed by atoms with Crippen molar-refractivity contribution in [2.24, 2.45) is 0 Å². The van der Waals surface area contributed by atoms with Crippen molar-refractivity contribution in [3.63, 3.8) is 0 Å². The van der Waals surface area contributed by atoms with E-state index in [4.69, 9.17) is 10.5 Å². The number of nitrogens with one attached hydrogen (secondary N) is 1. The van der Waals surface area contributed by atoms with Crippen LogP contribution < -0.4 is 11.1 Å². The monoisotopic (exact) mass is 292 g/mol. The van der Waals surface area contributed by atoms with Gasteiger partial charge in [-0.15, -0.1) is 0 Å². The van der Waals surface area contributed by atoms with Crippen molar-refractivity contribution >= 4 is 17.6 Å². The number of ether oxygens (including phenoxy) is 1. The van der Waals surface area contributed by atoms with E-state index in [0.717, 1.165) is 12.8 Å². The number of esters is 1. The van der Waals surface area contributed by atoms with Crippen molar-refractivity contribution in [1.82, 2.24) is 5.32 Å². The summed E-state index contributed by atoms with van der Waals surface area (Å²) in [5.41, 5.74) is 7.02. The molecule has 1 rings (SSSR count). The van der Waals surface area contributed by atoms with Crippen molar-refractivity contribution in [3.8, 4) is 0 Å². The minimum Gasteiger partial charge on any atom is -0.452 e. The van der Waals surface area contributed by atoms with Gasteiger partial charge in [-0.3, -0.25) is 9.59 Å². The van der Waals surface area contributed by atoms with Gasteiger partial charge in [0.1, 0.15) is 0 Å². The summed E-state index contributed by atoms with van der Waals surface area (Å²) in [6.45, 7) is 5.55. The highest BCUT2D eigenvalue weighted by molar-refractivity contribution is 5.84. The topological polar surface area (TPSA) is 81.4 Å². The number of carbonyl (C=O) groups is 2. The summed E-state index contributed by atoms with van der Waals surface area (Å²) < 4.78 is 5.14. The third-order valence-corrected chi connectivity index (χ3v) is 3.18. The predicted molar refractivity (Wildman–Crippen MR) is 82.6 cm³/mol. The molecule has 3 N–H and O–H groups in total. The summed E-state index contributed by atoms with van der Waals surface area (Å²) in [5, 5.41) is 2.82. The van der Waals surface area contributed by atoms with Crippen LogP contribution in [0.5, 0.6) is 0 Å². The van der Waals surface area contributed by atoms with Crippen LogP contribution in [0, 0.1) is 0 Å². The second-order valence-corrected chi connectivity index (χ2v) is 5.21. The molecule has 0 saturated carbocycles. The van der Waals surface area contributed by atoms with Gasteiger partial charge in [0.15, 0.2) is 6.10 Å². The fourth-order valence-corrected chi connectivity index (χ4v) is 2.01. The molecule has 5 nitrogen and oxygen atoms in total. The molecule has 0 aliphatic rings. The highest BCUT2D eigenvalue weighted by Crippen LogP contribution is 2.12.